The van der Waals surface area contributed by atoms with Crippen molar-refractivity contribution in [3.63, 3.8) is 0 Å². The molecule has 100 valence electrons. The molecule has 4 nitrogen and oxygen atoms in total. The van der Waals surface area contributed by atoms with E-state index >= 15 is 0 Å². The van der Waals surface area contributed by atoms with E-state index in [2.05, 4.69) is 0 Å². The molecule has 0 saturated carbocycles. The van der Waals surface area contributed by atoms with Crippen LogP contribution in [0.4, 0.5) is 0 Å². The smallest absolute Gasteiger partial charge is 0.246 e. The quantitative estimate of drug-likeness (QED) is 0.844. The Kier molecular flexibility index (Phi) is 3.64. The lowest BCUT2D eigenvalue weighted by atomic mass is 10.1. The summed E-state index contributed by atoms with van der Waals surface area (Å²) in [6, 6.07) is 3.50. The number of sulfonamides is 1. The summed E-state index contributed by atoms with van der Waals surface area (Å²) in [4.78, 5) is 0.287. The van der Waals surface area contributed by atoms with Gasteiger partial charge in [-0.05, 0) is 49.9 Å². The molecule has 2 rings (SSSR count). The van der Waals surface area contributed by atoms with Crippen molar-refractivity contribution in [2.75, 3.05) is 20.2 Å². The summed E-state index contributed by atoms with van der Waals surface area (Å²) in [6.45, 7) is 5.08. The third-order valence-electron chi connectivity index (χ3n) is 3.46. The topological polar surface area (TPSA) is 46.6 Å². The van der Waals surface area contributed by atoms with Crippen LogP contribution in [0, 0.1) is 13.8 Å². The van der Waals surface area contributed by atoms with Crippen molar-refractivity contribution in [2.45, 2.75) is 31.6 Å². The molecule has 0 N–H and O–H groups in total. The lowest BCUT2D eigenvalue weighted by Gasteiger charge is -2.18. The standard InChI is InChI=1S/C13H19NO3S/c1-10-8-12(17-3)13(9-11(10)2)18(15,16)14-6-4-5-7-14/h8-9H,4-7H2,1-3H3. The summed E-state index contributed by atoms with van der Waals surface area (Å²) >= 11 is 0. The molecule has 0 spiro atoms. The van der Waals surface area contributed by atoms with E-state index in [1.165, 1.54) is 7.11 Å². The summed E-state index contributed by atoms with van der Waals surface area (Å²) < 4.78 is 31.8. The molecule has 5 heteroatoms. The second kappa shape index (κ2) is 4.90. The highest BCUT2D eigenvalue weighted by Crippen LogP contribution is 2.31. The van der Waals surface area contributed by atoms with E-state index in [4.69, 9.17) is 4.74 Å². The van der Waals surface area contributed by atoms with E-state index in [-0.39, 0.29) is 4.90 Å². The van der Waals surface area contributed by atoms with Gasteiger partial charge in [0.15, 0.2) is 0 Å². The number of methoxy groups -OCH3 is 1. The second-order valence-corrected chi connectivity index (χ2v) is 6.60. The highest BCUT2D eigenvalue weighted by molar-refractivity contribution is 7.89. The van der Waals surface area contributed by atoms with E-state index in [0.717, 1.165) is 24.0 Å². The SMILES string of the molecule is COc1cc(C)c(C)cc1S(=O)(=O)N1CCCC1. The van der Waals surface area contributed by atoms with Crippen molar-refractivity contribution in [1.29, 1.82) is 0 Å². The number of benzene rings is 1. The summed E-state index contributed by atoms with van der Waals surface area (Å²) in [6.07, 6.45) is 1.87. The van der Waals surface area contributed by atoms with Gasteiger partial charge in [0.2, 0.25) is 10.0 Å². The fraction of sp³-hybridized carbons (Fsp3) is 0.538. The van der Waals surface area contributed by atoms with Gasteiger partial charge in [-0.25, -0.2) is 8.42 Å². The maximum absolute atomic E-state index is 12.5. The van der Waals surface area contributed by atoms with E-state index in [1.807, 2.05) is 13.8 Å². The number of aryl methyl sites for hydroxylation is 2. The van der Waals surface area contributed by atoms with Crippen LogP contribution in [0.1, 0.15) is 24.0 Å². The van der Waals surface area contributed by atoms with Crippen molar-refractivity contribution in [2.24, 2.45) is 0 Å². The first kappa shape index (κ1) is 13.4. The molecule has 1 heterocycles. The Bertz CT molecular complexity index is 546. The predicted octanol–water partition coefficient (Wildman–Crippen LogP) is 2.10. The van der Waals surface area contributed by atoms with Gasteiger partial charge >= 0.3 is 0 Å². The van der Waals surface area contributed by atoms with Crippen molar-refractivity contribution >= 4 is 10.0 Å². The van der Waals surface area contributed by atoms with E-state index in [1.54, 1.807) is 16.4 Å². The minimum atomic E-state index is -3.41. The third-order valence-corrected chi connectivity index (χ3v) is 5.38. The Labute approximate surface area is 109 Å². The molecule has 0 radical (unpaired) electrons. The fourth-order valence-corrected chi connectivity index (χ4v) is 3.93. The van der Waals surface area contributed by atoms with Crippen molar-refractivity contribution in [3.05, 3.63) is 23.3 Å². The Hall–Kier alpha value is -1.07. The maximum atomic E-state index is 12.5. The molecule has 1 saturated heterocycles. The molecule has 1 aliphatic heterocycles. The van der Waals surface area contributed by atoms with Crippen LogP contribution in [-0.2, 0) is 10.0 Å². The van der Waals surface area contributed by atoms with Gasteiger partial charge in [-0.1, -0.05) is 0 Å². The first-order valence-corrected chi connectivity index (χ1v) is 7.56. The van der Waals surface area contributed by atoms with Gasteiger partial charge in [-0.3, -0.25) is 0 Å². The van der Waals surface area contributed by atoms with Gasteiger partial charge in [0.05, 0.1) is 7.11 Å². The maximum Gasteiger partial charge on any atom is 0.246 e. The molecule has 0 atom stereocenters. The predicted molar refractivity (Wildman–Crippen MR) is 70.5 cm³/mol. The molecule has 18 heavy (non-hydrogen) atoms. The van der Waals surface area contributed by atoms with Crippen molar-refractivity contribution in [1.82, 2.24) is 4.31 Å². The lowest BCUT2D eigenvalue weighted by molar-refractivity contribution is 0.398. The zero-order valence-electron chi connectivity index (χ0n) is 11.1. The number of nitrogens with zero attached hydrogens (tertiary/aromatic N) is 1. The Morgan fingerprint density at radius 2 is 1.67 bits per heavy atom. The monoisotopic (exact) mass is 269 g/mol. The van der Waals surface area contributed by atoms with Crippen LogP contribution >= 0.6 is 0 Å². The molecule has 0 amide bonds. The minimum absolute atomic E-state index is 0.287. The van der Waals surface area contributed by atoms with Gasteiger partial charge in [-0.2, -0.15) is 4.31 Å². The van der Waals surface area contributed by atoms with Gasteiger partial charge in [0, 0.05) is 13.1 Å². The Balaban J connectivity index is 2.52. The zero-order valence-corrected chi connectivity index (χ0v) is 11.9. The Morgan fingerprint density at radius 3 is 2.22 bits per heavy atom. The average Bonchev–Trinajstić information content (AvgIpc) is 2.86. The van der Waals surface area contributed by atoms with Gasteiger partial charge < -0.3 is 4.74 Å². The fourth-order valence-electron chi connectivity index (χ4n) is 2.19. The van der Waals surface area contributed by atoms with E-state index in [9.17, 15) is 8.42 Å². The molecule has 0 bridgehead atoms. The molecule has 0 aliphatic carbocycles. The number of hydrogen-bond acceptors (Lipinski definition) is 3. The normalized spacial score (nSPS) is 17.1. The summed E-state index contributed by atoms with van der Waals surface area (Å²) in [5, 5.41) is 0. The number of ether oxygens (including phenoxy) is 1. The van der Waals surface area contributed by atoms with Crippen LogP contribution < -0.4 is 4.74 Å². The van der Waals surface area contributed by atoms with Crippen LogP contribution in [-0.4, -0.2) is 32.9 Å². The Morgan fingerprint density at radius 1 is 1.11 bits per heavy atom. The van der Waals surface area contributed by atoms with Crippen LogP contribution in [0.2, 0.25) is 0 Å². The summed E-state index contributed by atoms with van der Waals surface area (Å²) in [5.41, 5.74) is 2.00. The van der Waals surface area contributed by atoms with E-state index in [0.29, 0.717) is 18.8 Å². The summed E-state index contributed by atoms with van der Waals surface area (Å²) in [7, 11) is -1.91. The van der Waals surface area contributed by atoms with E-state index < -0.39 is 10.0 Å². The number of hydrogen-bond donors (Lipinski definition) is 0. The van der Waals surface area contributed by atoms with Crippen LogP contribution in [0.5, 0.6) is 5.75 Å². The van der Waals surface area contributed by atoms with Gasteiger partial charge in [-0.15, -0.1) is 0 Å². The molecule has 1 aromatic rings. The molecular weight excluding hydrogens is 250 g/mol. The molecule has 1 fully saturated rings. The summed E-state index contributed by atoms with van der Waals surface area (Å²) in [5.74, 6) is 0.435. The first-order valence-electron chi connectivity index (χ1n) is 6.12. The zero-order chi connectivity index (χ0) is 13.3. The average molecular weight is 269 g/mol. The molecule has 0 unspecified atom stereocenters. The minimum Gasteiger partial charge on any atom is -0.495 e. The molecular formula is C13H19NO3S. The first-order chi connectivity index (χ1) is 8.46. The molecule has 1 aliphatic rings. The van der Waals surface area contributed by atoms with Gasteiger partial charge in [0.1, 0.15) is 10.6 Å². The second-order valence-electron chi connectivity index (χ2n) is 4.70. The van der Waals surface area contributed by atoms with Crippen molar-refractivity contribution in [3.8, 4) is 5.75 Å². The molecule has 0 aromatic heterocycles. The van der Waals surface area contributed by atoms with Gasteiger partial charge in [0.25, 0.3) is 0 Å². The van der Waals surface area contributed by atoms with Crippen LogP contribution in [0.15, 0.2) is 17.0 Å². The largest absolute Gasteiger partial charge is 0.495 e. The molecule has 1 aromatic carbocycles. The highest BCUT2D eigenvalue weighted by atomic mass is 32.2. The lowest BCUT2D eigenvalue weighted by Crippen LogP contribution is -2.28. The van der Waals surface area contributed by atoms with Crippen LogP contribution in [0.25, 0.3) is 0 Å². The highest BCUT2D eigenvalue weighted by Gasteiger charge is 2.30. The third kappa shape index (κ3) is 2.24. The van der Waals surface area contributed by atoms with Crippen molar-refractivity contribution < 1.29 is 13.2 Å². The van der Waals surface area contributed by atoms with Crippen LogP contribution in [0.3, 0.4) is 0 Å². The number of rotatable bonds is 3.